The number of rotatable bonds is 7. The number of hydrogen-bond donors (Lipinski definition) is 1. The summed E-state index contributed by atoms with van der Waals surface area (Å²) in [6.45, 7) is 7.81. The minimum Gasteiger partial charge on any atom is -0.384 e. The van der Waals surface area contributed by atoms with E-state index in [1.807, 2.05) is 0 Å². The Hall–Kier alpha value is -0.540. The lowest BCUT2D eigenvalue weighted by atomic mass is 10.1. The monoisotopic (exact) mass is 298 g/mol. The first-order chi connectivity index (χ1) is 8.08. The van der Waals surface area contributed by atoms with Crippen molar-refractivity contribution in [1.29, 1.82) is 0 Å². The van der Waals surface area contributed by atoms with E-state index in [0.29, 0.717) is 0 Å². The number of halogens is 1. The van der Waals surface area contributed by atoms with Crippen LogP contribution in [0, 0.1) is 5.92 Å². The lowest BCUT2D eigenvalue weighted by molar-refractivity contribution is 0.321. The third kappa shape index (κ3) is 6.69. The summed E-state index contributed by atoms with van der Waals surface area (Å²) in [5, 5.41) is 3.43. The molecule has 0 aromatic heterocycles. The molecule has 1 aromatic rings. The van der Waals surface area contributed by atoms with Crippen molar-refractivity contribution in [3.8, 4) is 0 Å². The maximum Gasteiger partial charge on any atom is 0.0341 e. The second-order valence-electron chi connectivity index (χ2n) is 4.92. The van der Waals surface area contributed by atoms with Crippen LogP contribution in [0.25, 0.3) is 0 Å². The van der Waals surface area contributed by atoms with Crippen LogP contribution in [0.3, 0.4) is 0 Å². The van der Waals surface area contributed by atoms with E-state index in [4.69, 9.17) is 0 Å². The van der Waals surface area contributed by atoms with Crippen molar-refractivity contribution in [2.45, 2.75) is 20.3 Å². The molecule has 3 heteroatoms. The number of nitrogens with zero attached hydrogens (tertiary/aromatic N) is 1. The van der Waals surface area contributed by atoms with E-state index in [2.05, 4.69) is 71.3 Å². The van der Waals surface area contributed by atoms with E-state index in [9.17, 15) is 0 Å². The fourth-order valence-electron chi connectivity index (χ4n) is 1.55. The van der Waals surface area contributed by atoms with Crippen molar-refractivity contribution in [2.24, 2.45) is 5.92 Å². The lowest BCUT2D eigenvalue weighted by Crippen LogP contribution is -2.26. The molecule has 0 aliphatic rings. The Morgan fingerprint density at radius 3 is 2.41 bits per heavy atom. The number of hydrogen-bond acceptors (Lipinski definition) is 2. The summed E-state index contributed by atoms with van der Waals surface area (Å²) in [5.41, 5.74) is 1.19. The van der Waals surface area contributed by atoms with Gasteiger partial charge >= 0.3 is 0 Å². The van der Waals surface area contributed by atoms with Gasteiger partial charge in [-0.25, -0.2) is 0 Å². The van der Waals surface area contributed by atoms with Gasteiger partial charge in [0.2, 0.25) is 0 Å². The molecule has 0 fully saturated rings. The molecule has 17 heavy (non-hydrogen) atoms. The van der Waals surface area contributed by atoms with E-state index in [0.717, 1.165) is 23.5 Å². The van der Waals surface area contributed by atoms with Crippen LogP contribution in [-0.2, 0) is 0 Å². The molecule has 0 radical (unpaired) electrons. The highest BCUT2D eigenvalue weighted by Gasteiger charge is 2.00. The highest BCUT2D eigenvalue weighted by atomic mass is 79.9. The molecule has 0 saturated heterocycles. The summed E-state index contributed by atoms with van der Waals surface area (Å²) in [5.74, 6) is 0.789. The Morgan fingerprint density at radius 1 is 1.18 bits per heavy atom. The summed E-state index contributed by atoms with van der Waals surface area (Å²) >= 11 is 3.43. The van der Waals surface area contributed by atoms with Crippen LogP contribution in [0.4, 0.5) is 5.69 Å². The third-order valence-corrected chi connectivity index (χ3v) is 3.28. The van der Waals surface area contributed by atoms with E-state index in [1.54, 1.807) is 0 Å². The first kappa shape index (κ1) is 14.5. The van der Waals surface area contributed by atoms with Gasteiger partial charge in [0, 0.05) is 23.2 Å². The zero-order valence-electron chi connectivity index (χ0n) is 11.0. The van der Waals surface area contributed by atoms with Gasteiger partial charge in [0.25, 0.3) is 0 Å². The molecular formula is C14H23BrN2. The van der Waals surface area contributed by atoms with Crippen molar-refractivity contribution in [2.75, 3.05) is 32.0 Å². The molecule has 2 nitrogen and oxygen atoms in total. The van der Waals surface area contributed by atoms with Gasteiger partial charge in [0.15, 0.2) is 0 Å². The van der Waals surface area contributed by atoms with Gasteiger partial charge in [-0.2, -0.15) is 0 Å². The van der Waals surface area contributed by atoms with Gasteiger partial charge in [-0.15, -0.1) is 0 Å². The first-order valence-electron chi connectivity index (χ1n) is 6.26. The average Bonchev–Trinajstić information content (AvgIpc) is 2.29. The van der Waals surface area contributed by atoms with Crippen molar-refractivity contribution in [3.63, 3.8) is 0 Å². The van der Waals surface area contributed by atoms with Gasteiger partial charge < -0.3 is 10.2 Å². The molecule has 1 rings (SSSR count). The van der Waals surface area contributed by atoms with Crippen LogP contribution in [0.5, 0.6) is 0 Å². The maximum atomic E-state index is 3.43. The number of anilines is 1. The normalized spacial score (nSPS) is 11.2. The van der Waals surface area contributed by atoms with Gasteiger partial charge in [-0.1, -0.05) is 29.8 Å². The Bertz CT molecular complexity index is 309. The molecule has 96 valence electrons. The topological polar surface area (TPSA) is 15.3 Å². The standard InChI is InChI=1S/C14H23BrN2/c1-12(2)8-10-17(3)11-9-16-14-6-4-13(15)5-7-14/h4-7,12,16H,8-11H2,1-3H3. The predicted octanol–water partition coefficient (Wildman–Crippen LogP) is 3.84. The van der Waals surface area contributed by atoms with Crippen LogP contribution >= 0.6 is 15.9 Å². The van der Waals surface area contributed by atoms with E-state index in [-0.39, 0.29) is 0 Å². The molecule has 0 unspecified atom stereocenters. The largest absolute Gasteiger partial charge is 0.384 e. The maximum absolute atomic E-state index is 3.43. The highest BCUT2D eigenvalue weighted by Crippen LogP contribution is 2.13. The smallest absolute Gasteiger partial charge is 0.0341 e. The lowest BCUT2D eigenvalue weighted by Gasteiger charge is -2.18. The van der Waals surface area contributed by atoms with Gasteiger partial charge in [-0.3, -0.25) is 0 Å². The van der Waals surface area contributed by atoms with Crippen LogP contribution in [-0.4, -0.2) is 31.6 Å². The first-order valence-corrected chi connectivity index (χ1v) is 7.05. The second-order valence-corrected chi connectivity index (χ2v) is 5.84. The molecular weight excluding hydrogens is 276 g/mol. The molecule has 1 N–H and O–H groups in total. The van der Waals surface area contributed by atoms with E-state index < -0.39 is 0 Å². The minimum atomic E-state index is 0.789. The Balaban J connectivity index is 2.16. The fourth-order valence-corrected chi connectivity index (χ4v) is 1.81. The summed E-state index contributed by atoms with van der Waals surface area (Å²) < 4.78 is 1.12. The average molecular weight is 299 g/mol. The molecule has 0 bridgehead atoms. The zero-order valence-corrected chi connectivity index (χ0v) is 12.6. The van der Waals surface area contributed by atoms with Crippen molar-refractivity contribution in [1.82, 2.24) is 4.90 Å². The molecule has 0 atom stereocenters. The van der Waals surface area contributed by atoms with Gasteiger partial charge in [0.1, 0.15) is 0 Å². The van der Waals surface area contributed by atoms with Crippen LogP contribution in [0.15, 0.2) is 28.7 Å². The molecule has 1 aromatic carbocycles. The summed E-state index contributed by atoms with van der Waals surface area (Å²) in [4.78, 5) is 2.38. The molecule has 0 heterocycles. The van der Waals surface area contributed by atoms with Crippen molar-refractivity contribution >= 4 is 21.6 Å². The SMILES string of the molecule is CC(C)CCN(C)CCNc1ccc(Br)cc1. The van der Waals surface area contributed by atoms with Crippen molar-refractivity contribution < 1.29 is 0 Å². The second kappa shape index (κ2) is 7.72. The predicted molar refractivity (Wildman–Crippen MR) is 79.6 cm³/mol. The summed E-state index contributed by atoms with van der Waals surface area (Å²) in [6.07, 6.45) is 1.27. The molecule has 0 amide bonds. The number of benzene rings is 1. The summed E-state index contributed by atoms with van der Waals surface area (Å²) in [7, 11) is 2.19. The Labute approximate surface area is 114 Å². The summed E-state index contributed by atoms with van der Waals surface area (Å²) in [6, 6.07) is 8.31. The Kier molecular flexibility index (Phi) is 6.60. The Morgan fingerprint density at radius 2 is 1.82 bits per heavy atom. The van der Waals surface area contributed by atoms with E-state index in [1.165, 1.54) is 18.7 Å². The number of likely N-dealkylation sites (N-methyl/N-ethyl adjacent to an activating group) is 1. The van der Waals surface area contributed by atoms with E-state index >= 15 is 0 Å². The molecule has 0 aliphatic carbocycles. The van der Waals surface area contributed by atoms with Crippen LogP contribution in [0.1, 0.15) is 20.3 Å². The molecule has 0 aliphatic heterocycles. The number of nitrogens with one attached hydrogen (secondary N) is 1. The van der Waals surface area contributed by atoms with Crippen molar-refractivity contribution in [3.05, 3.63) is 28.7 Å². The minimum absolute atomic E-state index is 0.789. The molecule has 0 saturated carbocycles. The third-order valence-electron chi connectivity index (χ3n) is 2.76. The van der Waals surface area contributed by atoms with Crippen LogP contribution < -0.4 is 5.32 Å². The van der Waals surface area contributed by atoms with Gasteiger partial charge in [0.05, 0.1) is 0 Å². The highest BCUT2D eigenvalue weighted by molar-refractivity contribution is 9.10. The van der Waals surface area contributed by atoms with Gasteiger partial charge in [-0.05, 0) is 50.2 Å². The molecule has 0 spiro atoms. The fraction of sp³-hybridized carbons (Fsp3) is 0.571. The zero-order chi connectivity index (χ0) is 12.7. The van der Waals surface area contributed by atoms with Crippen LogP contribution in [0.2, 0.25) is 0 Å². The quantitative estimate of drug-likeness (QED) is 0.823.